The summed E-state index contributed by atoms with van der Waals surface area (Å²) in [5, 5.41) is 2.03. The Kier molecular flexibility index (Phi) is 9.70. The molecule has 6 rings (SSSR count). The van der Waals surface area contributed by atoms with Crippen LogP contribution in [0.15, 0.2) is 26.8 Å². The third kappa shape index (κ3) is 6.05. The molecule has 0 fully saturated rings. The van der Waals surface area contributed by atoms with E-state index < -0.39 is 0 Å². The molecule has 5 heterocycles. The van der Waals surface area contributed by atoms with E-state index in [-0.39, 0.29) is 35.7 Å². The molecule has 1 aliphatic carbocycles. The molecular formula is C39H50N4O4. The summed E-state index contributed by atoms with van der Waals surface area (Å²) in [4.78, 5) is 42.6. The van der Waals surface area contributed by atoms with Gasteiger partial charge in [-0.1, -0.05) is 40.0 Å². The van der Waals surface area contributed by atoms with Gasteiger partial charge in [-0.25, -0.2) is 4.99 Å². The molecule has 250 valence electrons. The first-order valence-electron chi connectivity index (χ1n) is 17.6. The predicted molar refractivity (Wildman–Crippen MR) is 188 cm³/mol. The number of aromatic nitrogens is 2. The first-order valence-corrected chi connectivity index (χ1v) is 17.6. The minimum Gasteiger partial charge on any atom is -0.468 e. The maximum Gasteiger partial charge on any atom is 0.293 e. The molecule has 2 N–H and O–H groups in total. The van der Waals surface area contributed by atoms with Crippen LogP contribution >= 0.6 is 0 Å². The van der Waals surface area contributed by atoms with E-state index in [1.165, 1.54) is 30.4 Å². The van der Waals surface area contributed by atoms with Crippen LogP contribution in [0.5, 0.6) is 0 Å². The number of carbonyl (C=O) groups excluding carboxylic acids is 2. The predicted octanol–water partition coefficient (Wildman–Crippen LogP) is 6.72. The number of aromatic amines is 2. The second-order valence-electron chi connectivity index (χ2n) is 13.8. The Morgan fingerprint density at radius 1 is 1.02 bits per heavy atom. The quantitative estimate of drug-likeness (QED) is 0.199. The second kappa shape index (κ2) is 13.8. The van der Waals surface area contributed by atoms with Crippen LogP contribution in [0.3, 0.4) is 0 Å². The van der Waals surface area contributed by atoms with E-state index in [9.17, 15) is 9.59 Å². The third-order valence-electron chi connectivity index (χ3n) is 11.0. The van der Waals surface area contributed by atoms with Gasteiger partial charge in [-0.15, -0.1) is 0 Å². The molecule has 8 heteroatoms. The van der Waals surface area contributed by atoms with E-state index in [1.807, 2.05) is 6.92 Å². The largest absolute Gasteiger partial charge is 0.468 e. The van der Waals surface area contributed by atoms with Crippen molar-refractivity contribution in [2.24, 2.45) is 21.8 Å². The molecule has 0 aromatic carbocycles. The Balaban J connectivity index is 1.54. The summed E-state index contributed by atoms with van der Waals surface area (Å²) < 4.78 is 11.6. The lowest BCUT2D eigenvalue weighted by atomic mass is 9.79. The first kappa shape index (κ1) is 33.1. The van der Waals surface area contributed by atoms with E-state index in [0.717, 1.165) is 80.9 Å². The fourth-order valence-electron chi connectivity index (χ4n) is 8.31. The topological polar surface area (TPSA) is 109 Å². The number of hydrogen-bond acceptors (Lipinski definition) is 6. The Labute approximate surface area is 278 Å². The van der Waals surface area contributed by atoms with Crippen molar-refractivity contribution in [2.45, 2.75) is 111 Å². The molecule has 2 aromatic rings. The van der Waals surface area contributed by atoms with Crippen molar-refractivity contribution in [1.82, 2.24) is 9.97 Å². The summed E-state index contributed by atoms with van der Waals surface area (Å²) in [5.41, 5.74) is 11.3. The van der Waals surface area contributed by atoms with Gasteiger partial charge in [0.15, 0.2) is 5.78 Å². The van der Waals surface area contributed by atoms with Crippen molar-refractivity contribution < 1.29 is 19.1 Å². The zero-order valence-electron chi connectivity index (χ0n) is 29.1. The summed E-state index contributed by atoms with van der Waals surface area (Å²) in [5.74, 6) is 0.334. The molecule has 0 amide bonds. The minimum absolute atomic E-state index is 0.0678. The van der Waals surface area contributed by atoms with Gasteiger partial charge in [0.1, 0.15) is 0 Å². The highest BCUT2D eigenvalue weighted by Gasteiger charge is 2.46. The number of nitrogens with zero attached hydrogens (tertiary/aromatic N) is 2. The van der Waals surface area contributed by atoms with Gasteiger partial charge in [0.2, 0.25) is 0 Å². The number of rotatable bonds is 12. The SMILES string of the molecule is CCCCCCOC(C)c1c(C)c2[nH]c1=CC1=N/C(=C\c3[nH]c4c(c3C)C(=O)CC4C3N=C(C=2)[C@@H](C)[C@@H]3CCOC=O)C(CC)=C1C. The van der Waals surface area contributed by atoms with Gasteiger partial charge in [0.05, 0.1) is 30.2 Å². The molecule has 0 radical (unpaired) electrons. The van der Waals surface area contributed by atoms with E-state index in [4.69, 9.17) is 19.5 Å². The molecule has 0 spiro atoms. The molecule has 3 aliphatic heterocycles. The highest BCUT2D eigenvalue weighted by Crippen LogP contribution is 2.46. The summed E-state index contributed by atoms with van der Waals surface area (Å²) in [6, 6.07) is -0.112. The molecule has 2 aromatic heterocycles. The molecule has 4 aliphatic rings. The lowest BCUT2D eigenvalue weighted by Gasteiger charge is -2.26. The number of H-pyrrole nitrogens is 2. The molecule has 47 heavy (non-hydrogen) atoms. The molecule has 0 saturated carbocycles. The minimum atomic E-state index is -0.112. The van der Waals surface area contributed by atoms with E-state index >= 15 is 0 Å². The van der Waals surface area contributed by atoms with Crippen LogP contribution in [0.25, 0.3) is 18.2 Å². The fourth-order valence-corrected chi connectivity index (χ4v) is 8.31. The van der Waals surface area contributed by atoms with Crippen LogP contribution in [0.2, 0.25) is 0 Å². The fraction of sp³-hybridized carbons (Fsp3) is 0.538. The highest BCUT2D eigenvalue weighted by atomic mass is 16.5. The average Bonchev–Trinajstić information content (AvgIpc) is 3.80. The zero-order chi connectivity index (χ0) is 33.4. The number of carbonyl (C=O) groups is 2. The number of hydrogen-bond donors (Lipinski definition) is 2. The van der Waals surface area contributed by atoms with E-state index in [2.05, 4.69) is 69.7 Å². The molecule has 8 bridgehead atoms. The smallest absolute Gasteiger partial charge is 0.293 e. The van der Waals surface area contributed by atoms with Crippen LogP contribution in [0, 0.1) is 25.7 Å². The third-order valence-corrected chi connectivity index (χ3v) is 11.0. The monoisotopic (exact) mass is 638 g/mol. The molecule has 8 nitrogen and oxygen atoms in total. The average molecular weight is 639 g/mol. The van der Waals surface area contributed by atoms with Crippen LogP contribution in [0.1, 0.15) is 130 Å². The summed E-state index contributed by atoms with van der Waals surface area (Å²) in [6.07, 6.45) is 13.0. The van der Waals surface area contributed by atoms with Gasteiger partial charge in [0.25, 0.3) is 6.47 Å². The lowest BCUT2D eigenvalue weighted by molar-refractivity contribution is -0.129. The van der Waals surface area contributed by atoms with Crippen molar-refractivity contribution >= 4 is 41.9 Å². The summed E-state index contributed by atoms with van der Waals surface area (Å²) >= 11 is 0. The molecular weight excluding hydrogens is 588 g/mol. The van der Waals surface area contributed by atoms with Gasteiger partial charge >= 0.3 is 0 Å². The number of fused-ring (bicyclic) bond motifs is 6. The van der Waals surface area contributed by atoms with Gasteiger partial charge in [-0.2, -0.15) is 0 Å². The van der Waals surface area contributed by atoms with Crippen molar-refractivity contribution in [1.29, 1.82) is 0 Å². The number of nitrogens with one attached hydrogen (secondary N) is 2. The van der Waals surface area contributed by atoms with Gasteiger partial charge < -0.3 is 19.4 Å². The molecule has 5 atom stereocenters. The summed E-state index contributed by atoms with van der Waals surface area (Å²) in [6.45, 7) is 16.7. The van der Waals surface area contributed by atoms with Crippen LogP contribution in [-0.4, -0.2) is 52.9 Å². The Bertz CT molecular complexity index is 1820. The van der Waals surface area contributed by atoms with Crippen molar-refractivity contribution in [3.8, 4) is 0 Å². The van der Waals surface area contributed by atoms with Crippen molar-refractivity contribution in [3.05, 3.63) is 61.2 Å². The van der Waals surface area contributed by atoms with Crippen LogP contribution in [0.4, 0.5) is 0 Å². The maximum atomic E-state index is 13.6. The Morgan fingerprint density at radius 3 is 2.57 bits per heavy atom. The van der Waals surface area contributed by atoms with Crippen molar-refractivity contribution in [2.75, 3.05) is 13.2 Å². The van der Waals surface area contributed by atoms with Gasteiger partial charge in [0, 0.05) is 63.8 Å². The Hall–Kier alpha value is -3.78. The van der Waals surface area contributed by atoms with Crippen molar-refractivity contribution in [3.63, 3.8) is 0 Å². The van der Waals surface area contributed by atoms with Gasteiger partial charge in [-0.3, -0.25) is 14.6 Å². The number of aliphatic imine (C=N–C) groups is 2. The molecule has 3 unspecified atom stereocenters. The Morgan fingerprint density at radius 2 is 1.83 bits per heavy atom. The number of ketones is 1. The number of unbranched alkanes of at least 4 members (excludes halogenated alkanes) is 3. The summed E-state index contributed by atoms with van der Waals surface area (Å²) in [7, 11) is 0. The zero-order valence-corrected chi connectivity index (χ0v) is 29.1. The normalized spacial score (nSPS) is 24.8. The maximum absolute atomic E-state index is 13.6. The number of Topliss-reactive ketones (excluding diaryl/α,β-unsaturated/α-hetero) is 1. The second-order valence-corrected chi connectivity index (χ2v) is 13.8. The van der Waals surface area contributed by atoms with Gasteiger partial charge in [-0.05, 0) is 93.4 Å². The number of allylic oxidation sites excluding steroid dienone is 2. The van der Waals surface area contributed by atoms with E-state index in [1.54, 1.807) is 0 Å². The van der Waals surface area contributed by atoms with E-state index in [0.29, 0.717) is 25.9 Å². The van der Waals surface area contributed by atoms with Crippen LogP contribution in [-0.2, 0) is 14.3 Å². The van der Waals surface area contributed by atoms with Crippen LogP contribution < -0.4 is 10.7 Å². The standard InChI is InChI=1S/C39H50N4O4/c1-8-10-11-12-14-47-25(7)36-23(5)31-17-30-22(4)27(13-15-46-20-44)38(42-30)28-16-35(45)37-24(6)32(43-39(28)37)18-33-26(9-2)21(3)29(40-33)19-34(36)41-31/h17-20,22,25,27-28,38,41,43H,8-16H2,1-7H3/b31-17?,33-18-,34-19?/t22-,25?,27-,28?,38?/m0/s1. The number of ether oxygens (including phenoxy) is 2. The first-order chi connectivity index (χ1) is 22.7. The highest BCUT2D eigenvalue weighted by molar-refractivity contribution is 6.23. The molecule has 0 saturated heterocycles. The lowest BCUT2D eigenvalue weighted by Crippen LogP contribution is -2.28.